The van der Waals surface area contributed by atoms with E-state index in [2.05, 4.69) is 41.3 Å². The Bertz CT molecular complexity index is 662. The lowest BCUT2D eigenvalue weighted by atomic mass is 9.74. The van der Waals surface area contributed by atoms with Crippen LogP contribution in [0, 0.1) is 0 Å². The summed E-state index contributed by atoms with van der Waals surface area (Å²) >= 11 is 6.20. The van der Waals surface area contributed by atoms with Crippen LogP contribution >= 0.6 is 11.6 Å². The molecule has 0 aromatic heterocycles. The molecular formula is C19H20ClNO. The van der Waals surface area contributed by atoms with Crippen molar-refractivity contribution < 1.29 is 4.74 Å². The topological polar surface area (TPSA) is 12.5 Å². The molecule has 1 saturated heterocycles. The van der Waals surface area contributed by atoms with E-state index in [0.29, 0.717) is 0 Å². The van der Waals surface area contributed by atoms with Crippen molar-refractivity contribution in [2.75, 3.05) is 19.7 Å². The van der Waals surface area contributed by atoms with E-state index in [1.807, 2.05) is 12.1 Å². The van der Waals surface area contributed by atoms with Gasteiger partial charge in [0.05, 0.1) is 6.61 Å². The third-order valence-corrected chi connectivity index (χ3v) is 5.31. The standard InChI is InChI=1S/C19H20ClNO/c20-16-6-7-18-17(12-16)19(14-22-18)8-10-21(11-9-19)13-15-4-2-1-3-5-15/h1-7,12H,8-11,13-14H2. The lowest BCUT2D eigenvalue weighted by Gasteiger charge is -2.38. The Balaban J connectivity index is 1.48. The zero-order valence-electron chi connectivity index (χ0n) is 12.6. The van der Waals surface area contributed by atoms with Gasteiger partial charge in [-0.05, 0) is 49.7 Å². The molecule has 0 bridgehead atoms. The number of benzene rings is 2. The van der Waals surface area contributed by atoms with Crippen LogP contribution in [0.3, 0.4) is 0 Å². The van der Waals surface area contributed by atoms with Crippen LogP contribution in [0.15, 0.2) is 48.5 Å². The molecule has 4 rings (SSSR count). The SMILES string of the molecule is Clc1ccc2c(c1)C1(CCN(Cc3ccccc3)CC1)CO2. The zero-order chi connectivity index (χ0) is 15.0. The van der Waals surface area contributed by atoms with Crippen molar-refractivity contribution in [1.82, 2.24) is 4.90 Å². The van der Waals surface area contributed by atoms with Crippen LogP contribution in [0.25, 0.3) is 0 Å². The number of piperidine rings is 1. The van der Waals surface area contributed by atoms with Gasteiger partial charge in [-0.1, -0.05) is 41.9 Å². The fraction of sp³-hybridized carbons (Fsp3) is 0.368. The molecule has 114 valence electrons. The van der Waals surface area contributed by atoms with Crippen molar-refractivity contribution in [2.24, 2.45) is 0 Å². The van der Waals surface area contributed by atoms with Gasteiger partial charge in [-0.2, -0.15) is 0 Å². The Labute approximate surface area is 136 Å². The number of nitrogens with zero attached hydrogens (tertiary/aromatic N) is 1. The predicted octanol–water partition coefficient (Wildman–Crippen LogP) is 4.27. The van der Waals surface area contributed by atoms with Crippen LogP contribution in [-0.4, -0.2) is 24.6 Å². The van der Waals surface area contributed by atoms with Gasteiger partial charge < -0.3 is 4.74 Å². The Morgan fingerprint density at radius 1 is 1.05 bits per heavy atom. The minimum absolute atomic E-state index is 0.174. The molecule has 0 unspecified atom stereocenters. The van der Waals surface area contributed by atoms with Gasteiger partial charge in [0.1, 0.15) is 5.75 Å². The second-order valence-corrected chi connectivity index (χ2v) is 6.91. The summed E-state index contributed by atoms with van der Waals surface area (Å²) in [6.45, 7) is 4.08. The molecule has 2 aliphatic heterocycles. The molecule has 3 heteroatoms. The first-order valence-electron chi connectivity index (χ1n) is 7.94. The van der Waals surface area contributed by atoms with E-state index in [1.54, 1.807) is 0 Å². The van der Waals surface area contributed by atoms with E-state index in [4.69, 9.17) is 16.3 Å². The van der Waals surface area contributed by atoms with E-state index in [1.165, 1.54) is 11.1 Å². The molecular weight excluding hydrogens is 294 g/mol. The van der Waals surface area contributed by atoms with Gasteiger partial charge in [0.15, 0.2) is 0 Å². The van der Waals surface area contributed by atoms with Gasteiger partial charge in [-0.15, -0.1) is 0 Å². The second-order valence-electron chi connectivity index (χ2n) is 6.47. The monoisotopic (exact) mass is 313 g/mol. The zero-order valence-corrected chi connectivity index (χ0v) is 13.4. The highest BCUT2D eigenvalue weighted by Gasteiger charge is 2.43. The molecule has 2 aromatic carbocycles. The average molecular weight is 314 g/mol. The molecule has 0 amide bonds. The third kappa shape index (κ3) is 2.51. The summed E-state index contributed by atoms with van der Waals surface area (Å²) in [4.78, 5) is 2.54. The van der Waals surface area contributed by atoms with Gasteiger partial charge in [0.2, 0.25) is 0 Å². The van der Waals surface area contributed by atoms with Crippen molar-refractivity contribution in [3.8, 4) is 5.75 Å². The van der Waals surface area contributed by atoms with Crippen molar-refractivity contribution >= 4 is 11.6 Å². The predicted molar refractivity (Wildman–Crippen MR) is 89.6 cm³/mol. The van der Waals surface area contributed by atoms with Crippen LogP contribution in [0.4, 0.5) is 0 Å². The van der Waals surface area contributed by atoms with E-state index in [0.717, 1.165) is 49.9 Å². The molecule has 1 fully saturated rings. The molecule has 2 aliphatic rings. The number of halogens is 1. The highest BCUT2D eigenvalue weighted by molar-refractivity contribution is 6.30. The average Bonchev–Trinajstić information content (AvgIpc) is 2.89. The summed E-state index contributed by atoms with van der Waals surface area (Å²) in [5.74, 6) is 1.03. The number of rotatable bonds is 2. The van der Waals surface area contributed by atoms with Gasteiger partial charge in [-0.25, -0.2) is 0 Å². The van der Waals surface area contributed by atoms with Crippen LogP contribution < -0.4 is 4.74 Å². The van der Waals surface area contributed by atoms with Crippen LogP contribution in [-0.2, 0) is 12.0 Å². The first kappa shape index (κ1) is 14.1. The fourth-order valence-corrected chi connectivity index (χ4v) is 3.90. The maximum absolute atomic E-state index is 6.20. The minimum atomic E-state index is 0.174. The lowest BCUT2D eigenvalue weighted by molar-refractivity contribution is 0.130. The maximum atomic E-state index is 6.20. The van der Waals surface area contributed by atoms with Crippen molar-refractivity contribution in [3.05, 3.63) is 64.7 Å². The summed E-state index contributed by atoms with van der Waals surface area (Å²) in [6, 6.07) is 16.8. The molecule has 0 radical (unpaired) electrons. The molecule has 0 saturated carbocycles. The third-order valence-electron chi connectivity index (χ3n) is 5.08. The number of ether oxygens (including phenoxy) is 1. The van der Waals surface area contributed by atoms with E-state index in [9.17, 15) is 0 Å². The Hall–Kier alpha value is -1.51. The first-order valence-corrected chi connectivity index (χ1v) is 8.32. The Morgan fingerprint density at radius 2 is 1.82 bits per heavy atom. The normalized spacial score (nSPS) is 19.9. The van der Waals surface area contributed by atoms with Gasteiger partial charge in [0, 0.05) is 22.5 Å². The van der Waals surface area contributed by atoms with Gasteiger partial charge in [-0.3, -0.25) is 4.90 Å². The van der Waals surface area contributed by atoms with Crippen molar-refractivity contribution in [2.45, 2.75) is 24.8 Å². The van der Waals surface area contributed by atoms with E-state index < -0.39 is 0 Å². The minimum Gasteiger partial charge on any atom is -0.492 e. The van der Waals surface area contributed by atoms with Gasteiger partial charge in [0.25, 0.3) is 0 Å². The highest BCUT2D eigenvalue weighted by Crippen LogP contribution is 2.46. The molecule has 2 heterocycles. The van der Waals surface area contributed by atoms with E-state index >= 15 is 0 Å². The van der Waals surface area contributed by atoms with Crippen LogP contribution in [0.1, 0.15) is 24.0 Å². The second kappa shape index (κ2) is 5.60. The summed E-state index contributed by atoms with van der Waals surface area (Å²) in [6.07, 6.45) is 2.29. The molecule has 2 aromatic rings. The smallest absolute Gasteiger partial charge is 0.123 e. The number of likely N-dealkylation sites (tertiary alicyclic amines) is 1. The number of fused-ring (bicyclic) bond motifs is 2. The largest absolute Gasteiger partial charge is 0.492 e. The van der Waals surface area contributed by atoms with Crippen molar-refractivity contribution in [3.63, 3.8) is 0 Å². The maximum Gasteiger partial charge on any atom is 0.123 e. The van der Waals surface area contributed by atoms with Crippen LogP contribution in [0.5, 0.6) is 5.75 Å². The molecule has 1 spiro atoms. The van der Waals surface area contributed by atoms with Gasteiger partial charge >= 0.3 is 0 Å². The molecule has 22 heavy (non-hydrogen) atoms. The van der Waals surface area contributed by atoms with E-state index in [-0.39, 0.29) is 5.41 Å². The summed E-state index contributed by atoms with van der Waals surface area (Å²) < 4.78 is 5.92. The molecule has 0 aliphatic carbocycles. The lowest BCUT2D eigenvalue weighted by Crippen LogP contribution is -2.43. The summed E-state index contributed by atoms with van der Waals surface area (Å²) in [7, 11) is 0. The number of hydrogen-bond donors (Lipinski definition) is 0. The molecule has 2 nitrogen and oxygen atoms in total. The quantitative estimate of drug-likeness (QED) is 0.821. The number of hydrogen-bond acceptors (Lipinski definition) is 2. The van der Waals surface area contributed by atoms with Crippen LogP contribution in [0.2, 0.25) is 5.02 Å². The summed E-state index contributed by atoms with van der Waals surface area (Å²) in [5, 5.41) is 0.815. The highest BCUT2D eigenvalue weighted by atomic mass is 35.5. The summed E-state index contributed by atoms with van der Waals surface area (Å²) in [5.41, 5.74) is 2.89. The Kier molecular flexibility index (Phi) is 3.59. The first-order chi connectivity index (χ1) is 10.8. The Morgan fingerprint density at radius 3 is 2.59 bits per heavy atom. The van der Waals surface area contributed by atoms with Crippen molar-refractivity contribution in [1.29, 1.82) is 0 Å². The molecule has 0 atom stereocenters. The fourth-order valence-electron chi connectivity index (χ4n) is 3.73. The molecule has 0 N–H and O–H groups in total.